The fourth-order valence-corrected chi connectivity index (χ4v) is 9.35. The van der Waals surface area contributed by atoms with Crippen molar-refractivity contribution >= 4 is 86.7 Å². The molecule has 11 rings (SSSR count). The van der Waals surface area contributed by atoms with Crippen molar-refractivity contribution in [1.29, 1.82) is 0 Å². The molecule has 238 valence electrons. The van der Waals surface area contributed by atoms with E-state index in [2.05, 4.69) is 191 Å². The predicted molar refractivity (Wildman–Crippen MR) is 220 cm³/mol. The third kappa shape index (κ3) is 4.29. The number of thiophene rings is 1. The summed E-state index contributed by atoms with van der Waals surface area (Å²) in [5.41, 5.74) is 12.0. The first-order valence-corrected chi connectivity index (χ1v) is 18.3. The van der Waals surface area contributed by atoms with Crippen molar-refractivity contribution in [2.24, 2.45) is 0 Å². The van der Waals surface area contributed by atoms with E-state index in [9.17, 15) is 0 Å². The maximum absolute atomic E-state index is 2.49. The normalized spacial score (nSPS) is 11.9. The lowest BCUT2D eigenvalue weighted by molar-refractivity contribution is 1.27. The highest BCUT2D eigenvalue weighted by Crippen LogP contribution is 2.46. The van der Waals surface area contributed by atoms with Crippen LogP contribution in [0.3, 0.4) is 0 Å². The van der Waals surface area contributed by atoms with Crippen molar-refractivity contribution in [3.63, 3.8) is 0 Å². The Morgan fingerprint density at radius 2 is 0.882 bits per heavy atom. The lowest BCUT2D eigenvalue weighted by atomic mass is 10.0. The minimum Gasteiger partial charge on any atom is -0.308 e. The largest absolute Gasteiger partial charge is 0.308 e. The highest BCUT2D eigenvalue weighted by molar-refractivity contribution is 7.25. The monoisotopic (exact) mass is 666 g/mol. The molecule has 0 N–H and O–H groups in total. The van der Waals surface area contributed by atoms with Crippen LogP contribution in [0.5, 0.6) is 0 Å². The van der Waals surface area contributed by atoms with Crippen LogP contribution >= 0.6 is 11.3 Å². The predicted octanol–water partition coefficient (Wildman–Crippen LogP) is 14.0. The number of hydrogen-bond donors (Lipinski definition) is 0. The molecule has 51 heavy (non-hydrogen) atoms. The number of aromatic nitrogens is 1. The Morgan fingerprint density at radius 3 is 1.65 bits per heavy atom. The summed E-state index contributed by atoms with van der Waals surface area (Å²) in [4.78, 5) is 2.43. The molecular weight excluding hydrogens is 637 g/mol. The van der Waals surface area contributed by atoms with Gasteiger partial charge in [-0.15, -0.1) is 11.3 Å². The zero-order chi connectivity index (χ0) is 33.5. The van der Waals surface area contributed by atoms with Crippen LogP contribution in [0.1, 0.15) is 0 Å². The van der Waals surface area contributed by atoms with E-state index < -0.39 is 0 Å². The van der Waals surface area contributed by atoms with Gasteiger partial charge in [0.2, 0.25) is 0 Å². The topological polar surface area (TPSA) is 7.65 Å². The second-order valence-electron chi connectivity index (χ2n) is 13.3. The molecule has 0 radical (unpaired) electrons. The number of para-hydroxylation sites is 3. The SMILES string of the molecule is c1ccc(-c2ccc(N(c3ccc(-c4ccc5c(c4)sc4ccccc45)cc3)c3cccc4c5cccc6c7ccccc7n(c34)c65)cc2)cc1. The van der Waals surface area contributed by atoms with Gasteiger partial charge in [-0.25, -0.2) is 0 Å². The van der Waals surface area contributed by atoms with E-state index in [0.29, 0.717) is 0 Å². The zero-order valence-corrected chi connectivity index (χ0v) is 28.4. The number of fused-ring (bicyclic) bond motifs is 9. The van der Waals surface area contributed by atoms with Crippen molar-refractivity contribution in [1.82, 2.24) is 4.40 Å². The Hall–Kier alpha value is -6.42. The summed E-state index contributed by atoms with van der Waals surface area (Å²) in [6, 6.07) is 66.6. The maximum Gasteiger partial charge on any atom is 0.0782 e. The van der Waals surface area contributed by atoms with Gasteiger partial charge in [-0.05, 0) is 70.8 Å². The van der Waals surface area contributed by atoms with Gasteiger partial charge in [0.15, 0.2) is 0 Å². The molecule has 0 spiro atoms. The van der Waals surface area contributed by atoms with E-state index in [-0.39, 0.29) is 0 Å². The smallest absolute Gasteiger partial charge is 0.0782 e. The Kier molecular flexibility index (Phi) is 6.16. The Balaban J connectivity index is 1.11. The number of anilines is 3. The molecule has 0 amide bonds. The van der Waals surface area contributed by atoms with Crippen LogP contribution in [0.25, 0.3) is 80.5 Å². The van der Waals surface area contributed by atoms with Gasteiger partial charge in [0, 0.05) is 53.1 Å². The lowest BCUT2D eigenvalue weighted by Crippen LogP contribution is -2.11. The molecule has 0 fully saturated rings. The van der Waals surface area contributed by atoms with E-state index in [1.165, 1.54) is 80.5 Å². The summed E-state index contributed by atoms with van der Waals surface area (Å²) in [7, 11) is 0. The van der Waals surface area contributed by atoms with Crippen molar-refractivity contribution in [2.45, 2.75) is 0 Å². The Morgan fingerprint density at radius 1 is 0.353 bits per heavy atom. The van der Waals surface area contributed by atoms with Crippen molar-refractivity contribution < 1.29 is 0 Å². The fraction of sp³-hybridized carbons (Fsp3) is 0. The Labute approximate surface area is 299 Å². The number of hydrogen-bond acceptors (Lipinski definition) is 2. The summed E-state index contributed by atoms with van der Waals surface area (Å²) in [5.74, 6) is 0. The summed E-state index contributed by atoms with van der Waals surface area (Å²) in [6.45, 7) is 0. The molecule has 0 saturated carbocycles. The van der Waals surface area contributed by atoms with Gasteiger partial charge in [0.25, 0.3) is 0 Å². The number of rotatable bonds is 5. The molecule has 0 bridgehead atoms. The van der Waals surface area contributed by atoms with Crippen LogP contribution in [-0.2, 0) is 0 Å². The minimum atomic E-state index is 1.12. The van der Waals surface area contributed by atoms with Crippen LogP contribution in [0.15, 0.2) is 182 Å². The first kappa shape index (κ1) is 28.4. The van der Waals surface area contributed by atoms with Crippen molar-refractivity contribution in [2.75, 3.05) is 4.90 Å². The van der Waals surface area contributed by atoms with E-state index in [1.54, 1.807) is 0 Å². The van der Waals surface area contributed by atoms with Crippen molar-refractivity contribution in [3.05, 3.63) is 182 Å². The van der Waals surface area contributed by atoms with Crippen molar-refractivity contribution in [3.8, 4) is 22.3 Å². The quantitative estimate of drug-likeness (QED) is 0.177. The van der Waals surface area contributed by atoms with Gasteiger partial charge >= 0.3 is 0 Å². The molecule has 11 aromatic rings. The van der Waals surface area contributed by atoms with Crippen LogP contribution in [-0.4, -0.2) is 4.40 Å². The van der Waals surface area contributed by atoms with Crippen LogP contribution in [0, 0.1) is 0 Å². The van der Waals surface area contributed by atoms with Gasteiger partial charge in [0.1, 0.15) is 0 Å². The first-order chi connectivity index (χ1) is 25.3. The molecule has 3 heterocycles. The highest BCUT2D eigenvalue weighted by Gasteiger charge is 2.23. The van der Waals surface area contributed by atoms with Gasteiger partial charge in [-0.2, -0.15) is 0 Å². The maximum atomic E-state index is 2.49. The van der Waals surface area contributed by atoms with E-state index in [0.717, 1.165) is 17.1 Å². The molecule has 8 aromatic carbocycles. The van der Waals surface area contributed by atoms with Crippen LogP contribution in [0.2, 0.25) is 0 Å². The fourth-order valence-electron chi connectivity index (χ4n) is 8.20. The molecule has 3 heteroatoms. The minimum absolute atomic E-state index is 1.12. The highest BCUT2D eigenvalue weighted by atomic mass is 32.1. The summed E-state index contributed by atoms with van der Waals surface area (Å²) < 4.78 is 5.15. The standard InChI is InChI=1S/C48H30N2S/c1-2-10-31(11-3-1)32-20-25-35(26-21-32)49(36-27-22-33(23-28-36)34-24-29-39-38-13-5-7-19-45(38)51-46(39)30-34)44-18-9-16-42-41-15-8-14-40-37-12-4-6-17-43(37)50(47(40)41)48(42)44/h1-30H. The lowest BCUT2D eigenvalue weighted by Gasteiger charge is -2.27. The summed E-state index contributed by atoms with van der Waals surface area (Å²) in [5, 5.41) is 7.78. The number of benzene rings is 8. The molecule has 0 aliphatic rings. The second-order valence-corrected chi connectivity index (χ2v) is 14.4. The molecule has 0 aliphatic carbocycles. The summed E-state index contributed by atoms with van der Waals surface area (Å²) >= 11 is 1.87. The van der Waals surface area contributed by atoms with E-state index in [1.807, 2.05) is 11.3 Å². The molecule has 0 saturated heterocycles. The third-order valence-electron chi connectivity index (χ3n) is 10.5. The molecule has 0 aliphatic heterocycles. The van der Waals surface area contributed by atoms with E-state index >= 15 is 0 Å². The third-order valence-corrected chi connectivity index (χ3v) is 11.7. The molecule has 2 nitrogen and oxygen atoms in total. The Bertz CT molecular complexity index is 3060. The van der Waals surface area contributed by atoms with Gasteiger partial charge in [-0.1, -0.05) is 133 Å². The first-order valence-electron chi connectivity index (χ1n) is 17.4. The number of nitrogens with zero attached hydrogens (tertiary/aromatic N) is 2. The van der Waals surface area contributed by atoms with Crippen LogP contribution in [0.4, 0.5) is 17.1 Å². The van der Waals surface area contributed by atoms with Gasteiger partial charge < -0.3 is 9.30 Å². The van der Waals surface area contributed by atoms with Crippen LogP contribution < -0.4 is 4.90 Å². The van der Waals surface area contributed by atoms with Gasteiger partial charge in [-0.3, -0.25) is 0 Å². The van der Waals surface area contributed by atoms with E-state index in [4.69, 9.17) is 0 Å². The van der Waals surface area contributed by atoms with Gasteiger partial charge in [0.05, 0.1) is 22.2 Å². The molecular formula is C48H30N2S. The zero-order valence-electron chi connectivity index (χ0n) is 27.6. The average molecular weight is 667 g/mol. The summed E-state index contributed by atoms with van der Waals surface area (Å²) in [6.07, 6.45) is 0. The second kappa shape index (κ2) is 11.0. The molecule has 3 aromatic heterocycles. The average Bonchev–Trinajstić information content (AvgIpc) is 3.86. The molecule has 0 unspecified atom stereocenters. The molecule has 0 atom stereocenters.